The zero-order chi connectivity index (χ0) is 14.5. The quantitative estimate of drug-likeness (QED) is 0.669. The van der Waals surface area contributed by atoms with Gasteiger partial charge in [0.1, 0.15) is 5.75 Å². The molecular weight excluding hydrogens is 264 g/mol. The average Bonchev–Trinajstić information content (AvgIpc) is 2.52. The minimum atomic E-state index is 0.474. The van der Waals surface area contributed by atoms with Crippen LogP contribution in [-0.4, -0.2) is 43.3 Å². The molecule has 0 radical (unpaired) electrons. The molecule has 1 aromatic rings. The van der Waals surface area contributed by atoms with Gasteiger partial charge in [-0.2, -0.15) is 0 Å². The molecule has 0 amide bonds. The highest BCUT2D eigenvalue weighted by molar-refractivity contribution is 5.43. The first-order valence-corrected chi connectivity index (χ1v) is 8.17. The standard InChI is InChI=1S/C17H26N2O2/c18-14-5-3-6-15(13-14)20-11-4-9-19-10-12-21-17-8-2-1-7-16(17)19/h3,5-6,13,16-17H,1-2,4,7-12,18H2. The average molecular weight is 290 g/mol. The van der Waals surface area contributed by atoms with Crippen molar-refractivity contribution in [2.45, 2.75) is 44.2 Å². The summed E-state index contributed by atoms with van der Waals surface area (Å²) < 4.78 is 11.7. The van der Waals surface area contributed by atoms with E-state index in [1.54, 1.807) is 0 Å². The monoisotopic (exact) mass is 290 g/mol. The third kappa shape index (κ3) is 3.89. The summed E-state index contributed by atoms with van der Waals surface area (Å²) in [5, 5.41) is 0. The molecule has 0 bridgehead atoms. The number of hydrogen-bond donors (Lipinski definition) is 1. The third-order valence-corrected chi connectivity index (χ3v) is 4.56. The van der Waals surface area contributed by atoms with E-state index in [9.17, 15) is 0 Å². The van der Waals surface area contributed by atoms with Crippen LogP contribution in [-0.2, 0) is 4.74 Å². The molecule has 2 atom stereocenters. The van der Waals surface area contributed by atoms with Crippen LogP contribution in [0.2, 0.25) is 0 Å². The predicted octanol–water partition coefficient (Wildman–Crippen LogP) is 2.68. The Hall–Kier alpha value is -1.26. The molecular formula is C17H26N2O2. The predicted molar refractivity (Wildman–Crippen MR) is 84.5 cm³/mol. The summed E-state index contributed by atoms with van der Waals surface area (Å²) in [5.74, 6) is 0.868. The smallest absolute Gasteiger partial charge is 0.121 e. The Bertz CT molecular complexity index is 450. The van der Waals surface area contributed by atoms with E-state index in [1.807, 2.05) is 24.3 Å². The van der Waals surface area contributed by atoms with E-state index in [1.165, 1.54) is 25.7 Å². The van der Waals surface area contributed by atoms with Crippen LogP contribution in [0.1, 0.15) is 32.1 Å². The van der Waals surface area contributed by atoms with Crippen molar-refractivity contribution in [3.63, 3.8) is 0 Å². The lowest BCUT2D eigenvalue weighted by atomic mass is 9.90. The van der Waals surface area contributed by atoms with E-state index in [4.69, 9.17) is 15.2 Å². The van der Waals surface area contributed by atoms with Gasteiger partial charge in [-0.1, -0.05) is 18.9 Å². The van der Waals surface area contributed by atoms with Gasteiger partial charge in [-0.15, -0.1) is 0 Å². The molecule has 1 saturated carbocycles. The molecule has 1 heterocycles. The van der Waals surface area contributed by atoms with E-state index in [-0.39, 0.29) is 0 Å². The molecule has 1 aliphatic heterocycles. The number of anilines is 1. The summed E-state index contributed by atoms with van der Waals surface area (Å²) in [7, 11) is 0. The molecule has 2 aliphatic rings. The number of nitrogens with zero attached hydrogens (tertiary/aromatic N) is 1. The molecule has 1 aliphatic carbocycles. The Kier molecular flexibility index (Phi) is 4.99. The molecule has 0 spiro atoms. The lowest BCUT2D eigenvalue weighted by Gasteiger charge is -2.43. The van der Waals surface area contributed by atoms with Crippen molar-refractivity contribution >= 4 is 5.69 Å². The van der Waals surface area contributed by atoms with E-state index in [0.29, 0.717) is 12.1 Å². The second-order valence-electron chi connectivity index (χ2n) is 6.07. The fraction of sp³-hybridized carbons (Fsp3) is 0.647. The molecule has 3 rings (SSSR count). The Morgan fingerprint density at radius 1 is 1.29 bits per heavy atom. The van der Waals surface area contributed by atoms with Gasteiger partial charge in [0.25, 0.3) is 0 Å². The summed E-state index contributed by atoms with van der Waals surface area (Å²) in [5.41, 5.74) is 6.51. The van der Waals surface area contributed by atoms with E-state index in [0.717, 1.165) is 44.2 Å². The second kappa shape index (κ2) is 7.14. The molecule has 2 fully saturated rings. The number of nitrogens with two attached hydrogens (primary N) is 1. The Morgan fingerprint density at radius 3 is 3.10 bits per heavy atom. The number of morpholine rings is 1. The second-order valence-corrected chi connectivity index (χ2v) is 6.07. The van der Waals surface area contributed by atoms with Gasteiger partial charge in [0, 0.05) is 30.9 Å². The molecule has 116 valence electrons. The highest BCUT2D eigenvalue weighted by Crippen LogP contribution is 2.28. The minimum Gasteiger partial charge on any atom is -0.493 e. The van der Waals surface area contributed by atoms with Crippen LogP contribution in [0.5, 0.6) is 5.75 Å². The number of nitrogen functional groups attached to an aromatic ring is 1. The normalized spacial score (nSPS) is 26.3. The zero-order valence-electron chi connectivity index (χ0n) is 12.7. The van der Waals surface area contributed by atoms with Crippen LogP contribution in [0.4, 0.5) is 5.69 Å². The van der Waals surface area contributed by atoms with Crippen molar-refractivity contribution in [2.75, 3.05) is 32.0 Å². The van der Waals surface area contributed by atoms with Gasteiger partial charge in [0.2, 0.25) is 0 Å². The summed E-state index contributed by atoms with van der Waals surface area (Å²) in [6, 6.07) is 8.29. The van der Waals surface area contributed by atoms with Gasteiger partial charge in [0.05, 0.1) is 19.3 Å². The van der Waals surface area contributed by atoms with E-state index < -0.39 is 0 Å². The fourth-order valence-electron chi connectivity index (χ4n) is 3.52. The number of ether oxygens (including phenoxy) is 2. The van der Waals surface area contributed by atoms with Crippen molar-refractivity contribution in [1.29, 1.82) is 0 Å². The Morgan fingerprint density at radius 2 is 2.19 bits per heavy atom. The van der Waals surface area contributed by atoms with Crippen molar-refractivity contribution in [3.8, 4) is 5.75 Å². The summed E-state index contributed by atoms with van der Waals surface area (Å²) in [4.78, 5) is 2.61. The van der Waals surface area contributed by atoms with Crippen LogP contribution in [0, 0.1) is 0 Å². The van der Waals surface area contributed by atoms with Crippen LogP contribution >= 0.6 is 0 Å². The van der Waals surface area contributed by atoms with Gasteiger partial charge >= 0.3 is 0 Å². The number of fused-ring (bicyclic) bond motifs is 1. The highest BCUT2D eigenvalue weighted by atomic mass is 16.5. The summed E-state index contributed by atoms with van der Waals surface area (Å²) >= 11 is 0. The topological polar surface area (TPSA) is 47.7 Å². The summed E-state index contributed by atoms with van der Waals surface area (Å²) in [6.07, 6.45) is 6.73. The van der Waals surface area contributed by atoms with Gasteiger partial charge in [-0.25, -0.2) is 0 Å². The molecule has 1 saturated heterocycles. The maximum Gasteiger partial charge on any atom is 0.121 e. The summed E-state index contributed by atoms with van der Waals surface area (Å²) in [6.45, 7) is 3.81. The maximum atomic E-state index is 5.91. The largest absolute Gasteiger partial charge is 0.493 e. The maximum absolute atomic E-state index is 5.91. The highest BCUT2D eigenvalue weighted by Gasteiger charge is 2.33. The fourth-order valence-corrected chi connectivity index (χ4v) is 3.52. The lowest BCUT2D eigenvalue weighted by Crippen LogP contribution is -2.52. The van der Waals surface area contributed by atoms with Crippen molar-refractivity contribution in [1.82, 2.24) is 4.90 Å². The number of hydrogen-bond acceptors (Lipinski definition) is 4. The van der Waals surface area contributed by atoms with Crippen molar-refractivity contribution in [2.24, 2.45) is 0 Å². The lowest BCUT2D eigenvalue weighted by molar-refractivity contribution is -0.0887. The molecule has 21 heavy (non-hydrogen) atoms. The van der Waals surface area contributed by atoms with Crippen LogP contribution in [0.15, 0.2) is 24.3 Å². The van der Waals surface area contributed by atoms with Gasteiger partial charge in [-0.05, 0) is 31.4 Å². The first-order valence-electron chi connectivity index (χ1n) is 8.17. The van der Waals surface area contributed by atoms with Crippen LogP contribution < -0.4 is 10.5 Å². The minimum absolute atomic E-state index is 0.474. The molecule has 4 nitrogen and oxygen atoms in total. The zero-order valence-corrected chi connectivity index (χ0v) is 12.7. The van der Waals surface area contributed by atoms with Crippen molar-refractivity contribution in [3.05, 3.63) is 24.3 Å². The van der Waals surface area contributed by atoms with Crippen LogP contribution in [0.25, 0.3) is 0 Å². The molecule has 0 aromatic heterocycles. The van der Waals surface area contributed by atoms with Gasteiger partial charge in [0.15, 0.2) is 0 Å². The Balaban J connectivity index is 1.42. The number of rotatable bonds is 5. The van der Waals surface area contributed by atoms with E-state index in [2.05, 4.69) is 4.90 Å². The first-order chi connectivity index (χ1) is 10.3. The van der Waals surface area contributed by atoms with Crippen LogP contribution in [0.3, 0.4) is 0 Å². The first kappa shape index (κ1) is 14.7. The molecule has 1 aromatic carbocycles. The SMILES string of the molecule is Nc1cccc(OCCCN2CCOC3CCCCC32)c1. The number of benzene rings is 1. The Labute approximate surface area is 127 Å². The molecule has 2 unspecified atom stereocenters. The molecule has 2 N–H and O–H groups in total. The van der Waals surface area contributed by atoms with E-state index >= 15 is 0 Å². The van der Waals surface area contributed by atoms with Gasteiger partial charge < -0.3 is 15.2 Å². The van der Waals surface area contributed by atoms with Crippen molar-refractivity contribution < 1.29 is 9.47 Å². The third-order valence-electron chi connectivity index (χ3n) is 4.56. The van der Waals surface area contributed by atoms with Gasteiger partial charge in [-0.3, -0.25) is 4.90 Å². The molecule has 4 heteroatoms.